The number of aryl methyl sites for hydroxylation is 1. The molecule has 1 aromatic heterocycles. The molecule has 0 aliphatic carbocycles. The number of hydrogen-bond donors (Lipinski definition) is 1. The van der Waals surface area contributed by atoms with Crippen LogP contribution in [0.2, 0.25) is 0 Å². The van der Waals surface area contributed by atoms with Gasteiger partial charge in [0.25, 0.3) is 5.91 Å². The third kappa shape index (κ3) is 2.05. The van der Waals surface area contributed by atoms with Crippen molar-refractivity contribution in [3.05, 3.63) is 29.6 Å². The molecule has 0 bridgehead atoms. The Morgan fingerprint density at radius 3 is 3.00 bits per heavy atom. The summed E-state index contributed by atoms with van der Waals surface area (Å²) in [6, 6.07) is 3.48. The Labute approximate surface area is 71.8 Å². The molecule has 0 saturated heterocycles. The molecule has 1 N–H and O–H groups in total. The van der Waals surface area contributed by atoms with E-state index < -0.39 is 0 Å². The summed E-state index contributed by atoms with van der Waals surface area (Å²) in [5, 5.41) is 2.72. The maximum absolute atomic E-state index is 11.3. The minimum atomic E-state index is -0.0389. The Kier molecular flexibility index (Phi) is 2.80. The summed E-state index contributed by atoms with van der Waals surface area (Å²) in [5.74, 6) is -0.0389. The quantitative estimate of drug-likeness (QED) is 0.712. The van der Waals surface area contributed by atoms with Gasteiger partial charge < -0.3 is 5.32 Å². The summed E-state index contributed by atoms with van der Waals surface area (Å²) < 4.78 is 0. The van der Waals surface area contributed by atoms with Crippen molar-refractivity contribution in [3.8, 4) is 0 Å². The van der Waals surface area contributed by atoms with Gasteiger partial charge in [-0.2, -0.15) is 0 Å². The first-order valence-corrected chi connectivity index (χ1v) is 3.95. The number of amides is 1. The smallest absolute Gasteiger partial charge is 0.251 e. The lowest BCUT2D eigenvalue weighted by Gasteiger charge is -2.01. The van der Waals surface area contributed by atoms with E-state index in [0.717, 1.165) is 5.69 Å². The van der Waals surface area contributed by atoms with E-state index in [1.54, 1.807) is 18.3 Å². The first-order chi connectivity index (χ1) is 5.74. The van der Waals surface area contributed by atoms with Gasteiger partial charge in [0.15, 0.2) is 0 Å². The summed E-state index contributed by atoms with van der Waals surface area (Å²) >= 11 is 0. The summed E-state index contributed by atoms with van der Waals surface area (Å²) in [5.41, 5.74) is 1.53. The summed E-state index contributed by atoms with van der Waals surface area (Å²) in [4.78, 5) is 15.3. The summed E-state index contributed by atoms with van der Waals surface area (Å²) in [6.45, 7) is 4.41. The van der Waals surface area contributed by atoms with Crippen LogP contribution < -0.4 is 5.32 Å². The number of carbonyl (C=O) groups is 1. The van der Waals surface area contributed by atoms with Crippen LogP contribution in [0.15, 0.2) is 18.3 Å². The molecule has 1 amide bonds. The van der Waals surface area contributed by atoms with E-state index in [1.807, 2.05) is 13.8 Å². The lowest BCUT2D eigenvalue weighted by Crippen LogP contribution is -2.22. The van der Waals surface area contributed by atoms with Crippen molar-refractivity contribution in [1.82, 2.24) is 10.3 Å². The van der Waals surface area contributed by atoms with Crippen molar-refractivity contribution in [3.63, 3.8) is 0 Å². The minimum absolute atomic E-state index is 0.0389. The highest BCUT2D eigenvalue weighted by Gasteiger charge is 2.02. The van der Waals surface area contributed by atoms with Crippen LogP contribution in [0.5, 0.6) is 0 Å². The van der Waals surface area contributed by atoms with Gasteiger partial charge in [-0.05, 0) is 26.0 Å². The molecule has 1 rings (SSSR count). The second-order valence-corrected chi connectivity index (χ2v) is 2.55. The molecule has 3 heteroatoms. The van der Waals surface area contributed by atoms with Gasteiger partial charge in [-0.15, -0.1) is 0 Å². The zero-order chi connectivity index (χ0) is 8.97. The van der Waals surface area contributed by atoms with Crippen molar-refractivity contribution < 1.29 is 4.79 Å². The SMILES string of the molecule is CCNC(=O)c1ccnc(C)c1. The van der Waals surface area contributed by atoms with Crippen LogP contribution in [0.3, 0.4) is 0 Å². The van der Waals surface area contributed by atoms with Gasteiger partial charge in [-0.1, -0.05) is 0 Å². The highest BCUT2D eigenvalue weighted by molar-refractivity contribution is 5.94. The maximum atomic E-state index is 11.3. The predicted octanol–water partition coefficient (Wildman–Crippen LogP) is 1.14. The molecular weight excluding hydrogens is 152 g/mol. The molecule has 64 valence electrons. The van der Waals surface area contributed by atoms with Gasteiger partial charge >= 0.3 is 0 Å². The molecule has 1 heterocycles. The lowest BCUT2D eigenvalue weighted by atomic mass is 10.2. The van der Waals surface area contributed by atoms with Gasteiger partial charge in [0.2, 0.25) is 0 Å². The van der Waals surface area contributed by atoms with Gasteiger partial charge in [-0.25, -0.2) is 0 Å². The molecule has 12 heavy (non-hydrogen) atoms. The number of nitrogens with zero attached hydrogens (tertiary/aromatic N) is 1. The van der Waals surface area contributed by atoms with E-state index in [0.29, 0.717) is 12.1 Å². The molecule has 0 aliphatic rings. The predicted molar refractivity (Wildman–Crippen MR) is 47.0 cm³/mol. The summed E-state index contributed by atoms with van der Waals surface area (Å²) in [6.07, 6.45) is 1.64. The fraction of sp³-hybridized carbons (Fsp3) is 0.333. The summed E-state index contributed by atoms with van der Waals surface area (Å²) in [7, 11) is 0. The van der Waals surface area contributed by atoms with E-state index in [9.17, 15) is 4.79 Å². The Morgan fingerprint density at radius 1 is 1.67 bits per heavy atom. The Morgan fingerprint density at radius 2 is 2.42 bits per heavy atom. The fourth-order valence-electron chi connectivity index (χ4n) is 0.949. The highest BCUT2D eigenvalue weighted by atomic mass is 16.1. The number of nitrogens with one attached hydrogen (secondary N) is 1. The first kappa shape index (κ1) is 8.71. The average molecular weight is 164 g/mol. The number of rotatable bonds is 2. The van der Waals surface area contributed by atoms with Crippen LogP contribution in [0.25, 0.3) is 0 Å². The van der Waals surface area contributed by atoms with Crippen molar-refractivity contribution >= 4 is 5.91 Å². The van der Waals surface area contributed by atoms with Crippen molar-refractivity contribution in [2.24, 2.45) is 0 Å². The number of carbonyl (C=O) groups excluding carboxylic acids is 1. The fourth-order valence-corrected chi connectivity index (χ4v) is 0.949. The van der Waals surface area contributed by atoms with Crippen LogP contribution in [0, 0.1) is 6.92 Å². The molecule has 0 atom stereocenters. The van der Waals surface area contributed by atoms with Gasteiger partial charge in [-0.3, -0.25) is 9.78 Å². The minimum Gasteiger partial charge on any atom is -0.352 e. The zero-order valence-electron chi connectivity index (χ0n) is 7.29. The Bertz CT molecular complexity index is 284. The zero-order valence-corrected chi connectivity index (χ0v) is 7.29. The van der Waals surface area contributed by atoms with E-state index in [4.69, 9.17) is 0 Å². The van der Waals surface area contributed by atoms with Crippen molar-refractivity contribution in [1.29, 1.82) is 0 Å². The second kappa shape index (κ2) is 3.85. The lowest BCUT2D eigenvalue weighted by molar-refractivity contribution is 0.0955. The molecule has 1 aromatic rings. The molecule has 0 aromatic carbocycles. The van der Waals surface area contributed by atoms with Gasteiger partial charge in [0.05, 0.1) is 0 Å². The first-order valence-electron chi connectivity index (χ1n) is 3.95. The van der Waals surface area contributed by atoms with Crippen LogP contribution in [-0.2, 0) is 0 Å². The standard InChI is InChI=1S/C9H12N2O/c1-3-10-9(12)8-4-5-11-7(2)6-8/h4-6H,3H2,1-2H3,(H,10,12). The van der Waals surface area contributed by atoms with Gasteiger partial charge in [0, 0.05) is 24.0 Å². The van der Waals surface area contributed by atoms with Crippen LogP contribution in [0.1, 0.15) is 23.0 Å². The normalized spacial score (nSPS) is 9.50. The van der Waals surface area contributed by atoms with Crippen molar-refractivity contribution in [2.75, 3.05) is 6.54 Å². The van der Waals surface area contributed by atoms with Crippen LogP contribution in [0.4, 0.5) is 0 Å². The van der Waals surface area contributed by atoms with Crippen LogP contribution in [-0.4, -0.2) is 17.4 Å². The second-order valence-electron chi connectivity index (χ2n) is 2.55. The molecule has 0 fully saturated rings. The Hall–Kier alpha value is -1.38. The van der Waals surface area contributed by atoms with Crippen LogP contribution >= 0.6 is 0 Å². The molecule has 0 aliphatic heterocycles. The molecule has 0 saturated carbocycles. The highest BCUT2D eigenvalue weighted by Crippen LogP contribution is 1.99. The number of aromatic nitrogens is 1. The Balaban J connectivity index is 2.81. The number of pyridine rings is 1. The molecule has 0 spiro atoms. The van der Waals surface area contributed by atoms with E-state index >= 15 is 0 Å². The monoisotopic (exact) mass is 164 g/mol. The maximum Gasteiger partial charge on any atom is 0.251 e. The topological polar surface area (TPSA) is 42.0 Å². The third-order valence-corrected chi connectivity index (χ3v) is 1.50. The van der Waals surface area contributed by atoms with Gasteiger partial charge in [0.1, 0.15) is 0 Å². The third-order valence-electron chi connectivity index (χ3n) is 1.50. The molecule has 3 nitrogen and oxygen atoms in total. The molecule has 0 radical (unpaired) electrons. The average Bonchev–Trinajstić information content (AvgIpc) is 2.05. The van der Waals surface area contributed by atoms with Crippen molar-refractivity contribution in [2.45, 2.75) is 13.8 Å². The van der Waals surface area contributed by atoms with E-state index in [-0.39, 0.29) is 5.91 Å². The largest absolute Gasteiger partial charge is 0.352 e. The number of hydrogen-bond acceptors (Lipinski definition) is 2. The van der Waals surface area contributed by atoms with E-state index in [2.05, 4.69) is 10.3 Å². The molecule has 0 unspecified atom stereocenters. The van der Waals surface area contributed by atoms with E-state index in [1.165, 1.54) is 0 Å². The molecular formula is C9H12N2O.